The number of rotatable bonds is 9. The van der Waals surface area contributed by atoms with Crippen molar-refractivity contribution in [3.63, 3.8) is 0 Å². The van der Waals surface area contributed by atoms with Crippen molar-refractivity contribution in [1.82, 2.24) is 0 Å². The average molecular weight is 394 g/mol. The minimum Gasteiger partial charge on any atom is -0.497 e. The van der Waals surface area contributed by atoms with E-state index in [0.717, 1.165) is 35.4 Å². The van der Waals surface area contributed by atoms with Crippen molar-refractivity contribution in [1.29, 1.82) is 0 Å². The molecule has 1 unspecified atom stereocenters. The van der Waals surface area contributed by atoms with Crippen LogP contribution in [0.1, 0.15) is 12.0 Å². The summed E-state index contributed by atoms with van der Waals surface area (Å²) in [6.07, 6.45) is 3.95. The molecule has 2 rings (SSSR count). The Bertz CT molecular complexity index is 574. The number of hydrogen-bond acceptors (Lipinski definition) is 3. The Hall–Kier alpha value is -1.13. The molecule has 0 amide bonds. The predicted molar refractivity (Wildman–Crippen MR) is 102 cm³/mol. The topological polar surface area (TPSA) is 18.5 Å². The lowest BCUT2D eigenvalue weighted by molar-refractivity contribution is 0.0924. The molecule has 123 valence electrons. The van der Waals surface area contributed by atoms with Gasteiger partial charge in [-0.25, -0.2) is 0 Å². The largest absolute Gasteiger partial charge is 0.497 e. The van der Waals surface area contributed by atoms with Gasteiger partial charge in [-0.3, -0.25) is 0 Å². The molecule has 1 atom stereocenters. The number of ether oxygens (including phenoxy) is 2. The summed E-state index contributed by atoms with van der Waals surface area (Å²) in [6, 6.07) is 18.9. The molecule has 0 N–H and O–H groups in total. The Morgan fingerprint density at radius 1 is 1.09 bits per heavy atom. The summed E-state index contributed by atoms with van der Waals surface area (Å²) < 4.78 is 11.6. The molecule has 2 nitrogen and oxygen atoms in total. The zero-order valence-electron chi connectivity index (χ0n) is 13.5. The van der Waals surface area contributed by atoms with Gasteiger partial charge in [-0.2, -0.15) is 11.8 Å². The van der Waals surface area contributed by atoms with Gasteiger partial charge >= 0.3 is 0 Å². The summed E-state index contributed by atoms with van der Waals surface area (Å²) in [5.41, 5.74) is 0.979. The predicted octanol–water partition coefficient (Wildman–Crippen LogP) is 5.00. The van der Waals surface area contributed by atoms with E-state index in [-0.39, 0.29) is 5.60 Å². The summed E-state index contributed by atoms with van der Waals surface area (Å²) in [5.74, 6) is 2.82. The van der Waals surface area contributed by atoms with E-state index in [9.17, 15) is 0 Å². The van der Waals surface area contributed by atoms with E-state index in [4.69, 9.17) is 9.47 Å². The molecular weight excluding hydrogens is 372 g/mol. The zero-order valence-corrected chi connectivity index (χ0v) is 16.0. The molecule has 0 aliphatic heterocycles. The normalized spacial score (nSPS) is 13.3. The highest BCUT2D eigenvalue weighted by Gasteiger charge is 2.31. The van der Waals surface area contributed by atoms with Crippen molar-refractivity contribution >= 4 is 27.7 Å². The van der Waals surface area contributed by atoms with Crippen LogP contribution in [-0.4, -0.2) is 30.0 Å². The number of halogens is 1. The van der Waals surface area contributed by atoms with Crippen molar-refractivity contribution in [2.24, 2.45) is 0 Å². The van der Waals surface area contributed by atoms with Gasteiger partial charge in [-0.15, -0.1) is 0 Å². The van der Waals surface area contributed by atoms with Crippen LogP contribution in [0.2, 0.25) is 0 Å². The van der Waals surface area contributed by atoms with E-state index in [0.29, 0.717) is 0 Å². The fourth-order valence-electron chi connectivity index (χ4n) is 2.41. The van der Waals surface area contributed by atoms with Gasteiger partial charge in [0, 0.05) is 11.8 Å². The fourth-order valence-corrected chi connectivity index (χ4v) is 3.58. The van der Waals surface area contributed by atoms with E-state index < -0.39 is 0 Å². The number of alkyl halides is 1. The van der Waals surface area contributed by atoms with Crippen molar-refractivity contribution in [2.45, 2.75) is 18.4 Å². The van der Waals surface area contributed by atoms with Crippen LogP contribution < -0.4 is 9.47 Å². The summed E-state index contributed by atoms with van der Waals surface area (Å²) in [7, 11) is 1.69. The van der Waals surface area contributed by atoms with Gasteiger partial charge in [0.05, 0.1) is 7.11 Å². The highest BCUT2D eigenvalue weighted by Crippen LogP contribution is 2.29. The van der Waals surface area contributed by atoms with Gasteiger partial charge in [-0.05, 0) is 54.3 Å². The van der Waals surface area contributed by atoms with E-state index >= 15 is 0 Å². The third kappa shape index (κ3) is 5.47. The zero-order chi connectivity index (χ0) is 16.5. The second-order valence-electron chi connectivity index (χ2n) is 5.42. The van der Waals surface area contributed by atoms with Gasteiger partial charge < -0.3 is 9.47 Å². The number of thioether (sulfide) groups is 1. The molecule has 0 saturated heterocycles. The third-order valence-electron chi connectivity index (χ3n) is 3.71. The number of hydrogen-bond donors (Lipinski definition) is 0. The van der Waals surface area contributed by atoms with E-state index in [1.54, 1.807) is 7.11 Å². The lowest BCUT2D eigenvalue weighted by Gasteiger charge is -2.33. The van der Waals surface area contributed by atoms with Crippen LogP contribution in [0.25, 0.3) is 0 Å². The second-order valence-corrected chi connectivity index (χ2v) is 6.97. The van der Waals surface area contributed by atoms with Crippen LogP contribution >= 0.6 is 27.7 Å². The Morgan fingerprint density at radius 2 is 1.78 bits per heavy atom. The maximum atomic E-state index is 6.40. The highest BCUT2D eigenvalue weighted by atomic mass is 79.9. The Balaban J connectivity index is 2.20. The monoisotopic (exact) mass is 393 g/mol. The van der Waals surface area contributed by atoms with Gasteiger partial charge in [-0.1, -0.05) is 40.2 Å². The van der Waals surface area contributed by atoms with Crippen LogP contribution in [0, 0.1) is 6.07 Å². The maximum absolute atomic E-state index is 6.40. The van der Waals surface area contributed by atoms with Gasteiger partial charge in [0.25, 0.3) is 0 Å². The van der Waals surface area contributed by atoms with Gasteiger partial charge in [0.1, 0.15) is 17.1 Å². The molecule has 2 aromatic rings. The molecule has 0 spiro atoms. The Labute approximate surface area is 151 Å². The lowest BCUT2D eigenvalue weighted by atomic mass is 9.93. The molecule has 0 aromatic heterocycles. The minimum atomic E-state index is -0.265. The molecular formula is C19H22BrO2S. The van der Waals surface area contributed by atoms with Crippen LogP contribution in [-0.2, 0) is 6.42 Å². The Morgan fingerprint density at radius 3 is 2.35 bits per heavy atom. The molecule has 0 bridgehead atoms. The van der Waals surface area contributed by atoms with Gasteiger partial charge in [0.15, 0.2) is 0 Å². The summed E-state index contributed by atoms with van der Waals surface area (Å²) in [6.45, 7) is 0. The van der Waals surface area contributed by atoms with Crippen molar-refractivity contribution in [2.75, 3.05) is 24.4 Å². The summed E-state index contributed by atoms with van der Waals surface area (Å²) >= 11 is 5.52. The smallest absolute Gasteiger partial charge is 0.123 e. The molecule has 2 aromatic carbocycles. The molecule has 0 heterocycles. The van der Waals surface area contributed by atoms with Gasteiger partial charge in [0.2, 0.25) is 0 Å². The van der Waals surface area contributed by atoms with Crippen molar-refractivity contribution in [3.8, 4) is 11.5 Å². The van der Waals surface area contributed by atoms with Crippen LogP contribution in [0.15, 0.2) is 48.5 Å². The fraction of sp³-hybridized carbons (Fsp3) is 0.368. The first kappa shape index (κ1) is 18.2. The number of benzene rings is 2. The minimum absolute atomic E-state index is 0.265. The number of methoxy groups -OCH3 is 1. The SMILES string of the molecule is COc1ccc(CC(CBr)(CCSC)Oc2cc[c]cc2)cc1. The molecule has 23 heavy (non-hydrogen) atoms. The second kappa shape index (κ2) is 9.24. The molecule has 4 heteroatoms. The maximum Gasteiger partial charge on any atom is 0.123 e. The highest BCUT2D eigenvalue weighted by molar-refractivity contribution is 9.09. The summed E-state index contributed by atoms with van der Waals surface area (Å²) in [5, 5.41) is 0.783. The standard InChI is InChI=1S/C19H22BrO2S/c1-21-17-10-8-16(9-11-17)14-19(15-20,12-13-23-2)22-18-6-4-3-5-7-18/h4-11H,12-15H2,1-2H3. The van der Waals surface area contributed by atoms with Crippen LogP contribution in [0.3, 0.4) is 0 Å². The van der Waals surface area contributed by atoms with Crippen molar-refractivity contribution in [3.05, 3.63) is 60.2 Å². The van der Waals surface area contributed by atoms with Crippen LogP contribution in [0.4, 0.5) is 0 Å². The molecule has 0 aliphatic rings. The lowest BCUT2D eigenvalue weighted by Crippen LogP contribution is -2.41. The Kier molecular flexibility index (Phi) is 7.31. The van der Waals surface area contributed by atoms with E-state index in [1.807, 2.05) is 48.2 Å². The quantitative estimate of drug-likeness (QED) is 0.558. The first-order chi connectivity index (χ1) is 11.2. The average Bonchev–Trinajstić information content (AvgIpc) is 2.61. The molecule has 0 aliphatic carbocycles. The first-order valence-corrected chi connectivity index (χ1v) is 10.1. The van der Waals surface area contributed by atoms with E-state index in [2.05, 4.69) is 40.4 Å². The van der Waals surface area contributed by atoms with E-state index in [1.165, 1.54) is 5.56 Å². The first-order valence-electron chi connectivity index (χ1n) is 7.54. The molecule has 0 saturated carbocycles. The van der Waals surface area contributed by atoms with Crippen molar-refractivity contribution < 1.29 is 9.47 Å². The third-order valence-corrected chi connectivity index (χ3v) is 5.35. The molecule has 1 radical (unpaired) electrons. The summed E-state index contributed by atoms with van der Waals surface area (Å²) in [4.78, 5) is 0. The van der Waals surface area contributed by atoms with Crippen LogP contribution in [0.5, 0.6) is 11.5 Å². The molecule has 0 fully saturated rings.